The Kier molecular flexibility index (Phi) is 3.24. The lowest BCUT2D eigenvalue weighted by Crippen LogP contribution is -2.15. The van der Waals surface area contributed by atoms with Crippen LogP contribution in [-0.2, 0) is 16.0 Å². The third kappa shape index (κ3) is 2.56. The Morgan fingerprint density at radius 1 is 1.36 bits per heavy atom. The molecule has 1 aromatic rings. The van der Waals surface area contributed by atoms with E-state index >= 15 is 0 Å². The highest BCUT2D eigenvalue weighted by atomic mass is 79.9. The number of phenols is 1. The summed E-state index contributed by atoms with van der Waals surface area (Å²) >= 11 is 3.15. The van der Waals surface area contributed by atoms with Gasteiger partial charge in [0.05, 0.1) is 0 Å². The molecule has 0 heterocycles. The van der Waals surface area contributed by atoms with Gasteiger partial charge in [-0.25, -0.2) is 4.79 Å². The molecule has 74 valence electrons. The fourth-order valence-corrected chi connectivity index (χ4v) is 1.33. The van der Waals surface area contributed by atoms with Crippen LogP contribution in [0.4, 0.5) is 0 Å². The zero-order valence-electron chi connectivity index (χ0n) is 7.03. The summed E-state index contributed by atoms with van der Waals surface area (Å²) in [7, 11) is 0. The van der Waals surface area contributed by atoms with Gasteiger partial charge in [0.25, 0.3) is 0 Å². The highest BCUT2D eigenvalue weighted by Crippen LogP contribution is 2.22. The van der Waals surface area contributed by atoms with Crippen LogP contribution >= 0.6 is 15.9 Å². The van der Waals surface area contributed by atoms with Gasteiger partial charge in [-0.3, -0.25) is 4.79 Å². The van der Waals surface area contributed by atoms with Crippen LogP contribution in [0.5, 0.6) is 5.75 Å². The minimum atomic E-state index is -1.47. The molecule has 0 saturated carbocycles. The molecule has 0 aliphatic heterocycles. The van der Waals surface area contributed by atoms with Crippen LogP contribution in [0.2, 0.25) is 0 Å². The van der Waals surface area contributed by atoms with Crippen molar-refractivity contribution < 1.29 is 19.8 Å². The number of aliphatic carboxylic acids is 1. The highest BCUT2D eigenvalue weighted by Gasteiger charge is 2.14. The van der Waals surface area contributed by atoms with Crippen molar-refractivity contribution in [1.82, 2.24) is 0 Å². The first-order valence-electron chi connectivity index (χ1n) is 3.74. The summed E-state index contributed by atoms with van der Waals surface area (Å²) in [6.45, 7) is 0. The van der Waals surface area contributed by atoms with Gasteiger partial charge in [-0.15, -0.1) is 0 Å². The van der Waals surface area contributed by atoms with Gasteiger partial charge in [-0.05, 0) is 23.8 Å². The molecule has 0 aromatic heterocycles. The number of aromatic hydroxyl groups is 1. The maximum atomic E-state index is 10.9. The van der Waals surface area contributed by atoms with Gasteiger partial charge >= 0.3 is 5.97 Å². The van der Waals surface area contributed by atoms with Crippen LogP contribution in [0.1, 0.15) is 5.56 Å². The number of Topliss-reactive ketones (excluding diaryl/α,β-unsaturated/α-hetero) is 1. The average molecular weight is 259 g/mol. The van der Waals surface area contributed by atoms with Crippen molar-refractivity contribution in [2.75, 3.05) is 0 Å². The van der Waals surface area contributed by atoms with E-state index in [2.05, 4.69) is 15.9 Å². The second-order valence-electron chi connectivity index (χ2n) is 2.68. The summed E-state index contributed by atoms with van der Waals surface area (Å²) in [5.41, 5.74) is 0.456. The van der Waals surface area contributed by atoms with Crippen molar-refractivity contribution in [2.45, 2.75) is 6.42 Å². The van der Waals surface area contributed by atoms with E-state index in [9.17, 15) is 9.59 Å². The number of carboxylic acids is 1. The molecule has 5 heteroatoms. The van der Waals surface area contributed by atoms with Crippen molar-refractivity contribution in [3.63, 3.8) is 0 Å². The molecule has 0 aliphatic rings. The Bertz CT molecular complexity index is 386. The summed E-state index contributed by atoms with van der Waals surface area (Å²) in [5, 5.41) is 17.5. The van der Waals surface area contributed by atoms with E-state index in [1.807, 2.05) is 0 Å². The molecule has 0 aliphatic carbocycles. The smallest absolute Gasteiger partial charge is 0.372 e. The largest absolute Gasteiger partial charge is 0.508 e. The van der Waals surface area contributed by atoms with Crippen LogP contribution in [0.15, 0.2) is 22.7 Å². The molecule has 0 spiro atoms. The predicted molar refractivity (Wildman–Crippen MR) is 52.2 cm³/mol. The third-order valence-electron chi connectivity index (χ3n) is 1.62. The number of halogens is 1. The van der Waals surface area contributed by atoms with Crippen LogP contribution in [-0.4, -0.2) is 22.0 Å². The molecule has 0 amide bonds. The molecule has 1 rings (SSSR count). The molecular weight excluding hydrogens is 252 g/mol. The van der Waals surface area contributed by atoms with E-state index in [-0.39, 0.29) is 12.2 Å². The number of carboxylic acid groups (broad SMARTS) is 1. The normalized spacial score (nSPS) is 9.79. The van der Waals surface area contributed by atoms with E-state index in [0.29, 0.717) is 10.0 Å². The number of carbonyl (C=O) groups excluding carboxylic acids is 1. The third-order valence-corrected chi connectivity index (χ3v) is 2.39. The van der Waals surface area contributed by atoms with E-state index in [1.165, 1.54) is 12.1 Å². The summed E-state index contributed by atoms with van der Waals surface area (Å²) in [6.07, 6.45) is -0.232. The lowest BCUT2D eigenvalue weighted by molar-refractivity contribution is -0.148. The van der Waals surface area contributed by atoms with Crippen molar-refractivity contribution in [3.05, 3.63) is 28.2 Å². The second-order valence-corrected chi connectivity index (χ2v) is 3.54. The summed E-state index contributed by atoms with van der Waals surface area (Å²) in [5.74, 6) is -2.38. The van der Waals surface area contributed by atoms with Gasteiger partial charge in [0.1, 0.15) is 5.75 Å². The molecule has 14 heavy (non-hydrogen) atoms. The molecule has 4 nitrogen and oxygen atoms in total. The molecule has 2 N–H and O–H groups in total. The lowest BCUT2D eigenvalue weighted by atomic mass is 10.1. The summed E-state index contributed by atoms with van der Waals surface area (Å²) in [6, 6.07) is 4.35. The minimum Gasteiger partial charge on any atom is -0.508 e. The molecule has 0 radical (unpaired) electrons. The minimum absolute atomic E-state index is 0.00129. The predicted octanol–water partition coefficient (Wildman–Crippen LogP) is 1.35. The topological polar surface area (TPSA) is 74.6 Å². The maximum absolute atomic E-state index is 10.9. The van der Waals surface area contributed by atoms with Gasteiger partial charge in [0.2, 0.25) is 5.78 Å². The Balaban J connectivity index is 2.91. The number of rotatable bonds is 3. The number of benzene rings is 1. The number of hydrogen-bond acceptors (Lipinski definition) is 3. The number of carbonyl (C=O) groups is 2. The number of ketones is 1. The van der Waals surface area contributed by atoms with Crippen molar-refractivity contribution in [3.8, 4) is 5.75 Å². The summed E-state index contributed by atoms with van der Waals surface area (Å²) in [4.78, 5) is 21.1. The molecular formula is C9H7BrO4. The van der Waals surface area contributed by atoms with Crippen LogP contribution in [0.3, 0.4) is 0 Å². The molecule has 0 unspecified atom stereocenters. The number of hydrogen-bond donors (Lipinski definition) is 2. The van der Waals surface area contributed by atoms with E-state index in [1.54, 1.807) is 6.07 Å². The fourth-order valence-electron chi connectivity index (χ4n) is 0.945. The molecule has 0 fully saturated rings. The van der Waals surface area contributed by atoms with Gasteiger partial charge in [-0.1, -0.05) is 15.9 Å². The average Bonchev–Trinajstić information content (AvgIpc) is 2.11. The van der Waals surface area contributed by atoms with Crippen LogP contribution < -0.4 is 0 Å². The van der Waals surface area contributed by atoms with E-state index in [0.717, 1.165) is 0 Å². The van der Waals surface area contributed by atoms with Gasteiger partial charge < -0.3 is 10.2 Å². The summed E-state index contributed by atoms with van der Waals surface area (Å²) < 4.78 is 0.602. The lowest BCUT2D eigenvalue weighted by Gasteiger charge is -2.02. The van der Waals surface area contributed by atoms with Crippen molar-refractivity contribution >= 4 is 27.7 Å². The standard InChI is InChI=1S/C9H7BrO4/c10-7-2-1-6(11)3-5(7)4-8(12)9(13)14/h1-3,11H,4H2,(H,13,14). The molecule has 0 saturated heterocycles. The van der Waals surface area contributed by atoms with Gasteiger partial charge in [0, 0.05) is 10.9 Å². The monoisotopic (exact) mass is 258 g/mol. The van der Waals surface area contributed by atoms with Crippen molar-refractivity contribution in [2.24, 2.45) is 0 Å². The molecule has 1 aromatic carbocycles. The number of phenolic OH excluding ortho intramolecular Hbond substituents is 1. The Labute approximate surface area is 88.3 Å². The molecule has 0 atom stereocenters. The van der Waals surface area contributed by atoms with Gasteiger partial charge in [-0.2, -0.15) is 0 Å². The zero-order chi connectivity index (χ0) is 10.7. The Hall–Kier alpha value is -1.36. The highest BCUT2D eigenvalue weighted by molar-refractivity contribution is 9.10. The first kappa shape index (κ1) is 10.7. The first-order chi connectivity index (χ1) is 6.50. The van der Waals surface area contributed by atoms with Crippen LogP contribution in [0.25, 0.3) is 0 Å². The zero-order valence-corrected chi connectivity index (χ0v) is 8.61. The fraction of sp³-hybridized carbons (Fsp3) is 0.111. The Morgan fingerprint density at radius 2 is 2.00 bits per heavy atom. The van der Waals surface area contributed by atoms with Gasteiger partial charge in [0.15, 0.2) is 0 Å². The van der Waals surface area contributed by atoms with Crippen LogP contribution in [0, 0.1) is 0 Å². The van der Waals surface area contributed by atoms with E-state index in [4.69, 9.17) is 10.2 Å². The maximum Gasteiger partial charge on any atom is 0.372 e. The van der Waals surface area contributed by atoms with E-state index < -0.39 is 11.8 Å². The van der Waals surface area contributed by atoms with Crippen molar-refractivity contribution in [1.29, 1.82) is 0 Å². The quantitative estimate of drug-likeness (QED) is 0.803. The first-order valence-corrected chi connectivity index (χ1v) is 4.53. The SMILES string of the molecule is O=C(O)C(=O)Cc1cc(O)ccc1Br. The molecule has 0 bridgehead atoms. The second kappa shape index (κ2) is 4.23. The Morgan fingerprint density at radius 3 is 2.57 bits per heavy atom.